The predicted octanol–water partition coefficient (Wildman–Crippen LogP) is 15.5. The number of hydrogen-bond acceptors (Lipinski definition) is 2. The fraction of sp³-hybridized carbons (Fsp3) is 0.0545. The Labute approximate surface area is 332 Å². The molecule has 0 amide bonds. The molecule has 2 heteroatoms. The molecule has 57 heavy (non-hydrogen) atoms. The van der Waals surface area contributed by atoms with E-state index in [0.29, 0.717) is 0 Å². The molecule has 0 fully saturated rings. The minimum atomic E-state index is -0.0623. The highest BCUT2D eigenvalue weighted by Gasteiger charge is 2.35. The standard InChI is InChI=1S/C55H39NO/c1-55(2)48-23-13-11-19-43(48)44-34-29-40(35-49(44)55)38-27-32-42(33-28-38)56(41-30-25-37(26-31-41)36-15-5-3-6-16-36)53-51(39-17-7-4-8-18-39)45-20-9-10-21-46(45)54-52(53)47-22-12-14-24-50(47)57-54/h3-35H,1-2H3. The Morgan fingerprint density at radius 3 is 1.61 bits per heavy atom. The molecule has 270 valence electrons. The lowest BCUT2D eigenvalue weighted by atomic mass is 9.81. The SMILES string of the molecule is CC1(C)c2ccccc2-c2ccc(-c3ccc(N(c4ccc(-c5ccccc5)cc4)c4c(-c5ccccc5)c5ccccc5c5oc6ccccc6c45)cc3)cc21. The van der Waals surface area contributed by atoms with Crippen molar-refractivity contribution < 1.29 is 4.42 Å². The topological polar surface area (TPSA) is 16.4 Å². The van der Waals surface area contributed by atoms with Crippen LogP contribution in [0.3, 0.4) is 0 Å². The number of furan rings is 1. The van der Waals surface area contributed by atoms with Crippen LogP contribution < -0.4 is 4.90 Å². The van der Waals surface area contributed by atoms with Crippen molar-refractivity contribution in [1.29, 1.82) is 0 Å². The van der Waals surface area contributed by atoms with Gasteiger partial charge in [0.2, 0.25) is 0 Å². The summed E-state index contributed by atoms with van der Waals surface area (Å²) in [6.45, 7) is 4.69. The van der Waals surface area contributed by atoms with Crippen molar-refractivity contribution in [2.45, 2.75) is 19.3 Å². The Morgan fingerprint density at radius 2 is 0.912 bits per heavy atom. The maximum Gasteiger partial charge on any atom is 0.145 e. The van der Waals surface area contributed by atoms with Gasteiger partial charge in [0.1, 0.15) is 11.2 Å². The van der Waals surface area contributed by atoms with Gasteiger partial charge in [0.15, 0.2) is 0 Å². The van der Waals surface area contributed by atoms with E-state index in [0.717, 1.165) is 55.3 Å². The monoisotopic (exact) mass is 729 g/mol. The third-order valence-electron chi connectivity index (χ3n) is 12.1. The van der Waals surface area contributed by atoms with Gasteiger partial charge < -0.3 is 9.32 Å². The van der Waals surface area contributed by atoms with Crippen LogP contribution in [-0.2, 0) is 5.41 Å². The molecule has 0 saturated heterocycles. The van der Waals surface area contributed by atoms with Crippen molar-refractivity contribution >= 4 is 49.8 Å². The van der Waals surface area contributed by atoms with E-state index in [1.807, 2.05) is 0 Å². The second-order valence-electron chi connectivity index (χ2n) is 15.7. The average molecular weight is 730 g/mol. The van der Waals surface area contributed by atoms with Gasteiger partial charge in [-0.2, -0.15) is 0 Å². The van der Waals surface area contributed by atoms with Crippen LogP contribution in [0.15, 0.2) is 205 Å². The number of benzene rings is 9. The van der Waals surface area contributed by atoms with Crippen molar-refractivity contribution in [3.8, 4) is 44.5 Å². The lowest BCUT2D eigenvalue weighted by molar-refractivity contribution is 0.660. The molecule has 0 saturated carbocycles. The summed E-state index contributed by atoms with van der Waals surface area (Å²) in [7, 11) is 0. The molecule has 0 radical (unpaired) electrons. The van der Waals surface area contributed by atoms with Gasteiger partial charge in [-0.3, -0.25) is 0 Å². The summed E-state index contributed by atoms with van der Waals surface area (Å²) in [4.78, 5) is 2.44. The third kappa shape index (κ3) is 5.25. The number of hydrogen-bond donors (Lipinski definition) is 0. The van der Waals surface area contributed by atoms with Crippen LogP contribution in [0.25, 0.3) is 77.2 Å². The highest BCUT2D eigenvalue weighted by Crippen LogP contribution is 2.53. The molecule has 0 atom stereocenters. The van der Waals surface area contributed by atoms with Crippen LogP contribution in [-0.4, -0.2) is 0 Å². The summed E-state index contributed by atoms with van der Waals surface area (Å²) < 4.78 is 6.82. The first-order valence-electron chi connectivity index (χ1n) is 19.8. The van der Waals surface area contributed by atoms with Gasteiger partial charge in [-0.25, -0.2) is 0 Å². The molecule has 0 spiro atoms. The molecule has 0 N–H and O–H groups in total. The molecule has 10 aromatic rings. The molecule has 1 aliphatic rings. The highest BCUT2D eigenvalue weighted by atomic mass is 16.3. The first-order chi connectivity index (χ1) is 28.0. The summed E-state index contributed by atoms with van der Waals surface area (Å²) in [5.41, 5.74) is 17.5. The minimum Gasteiger partial charge on any atom is -0.455 e. The van der Waals surface area contributed by atoms with Crippen LogP contribution in [0.1, 0.15) is 25.0 Å². The maximum atomic E-state index is 6.82. The van der Waals surface area contributed by atoms with E-state index < -0.39 is 0 Å². The van der Waals surface area contributed by atoms with Crippen molar-refractivity contribution in [2.24, 2.45) is 0 Å². The summed E-state index contributed by atoms with van der Waals surface area (Å²) >= 11 is 0. The van der Waals surface area contributed by atoms with E-state index >= 15 is 0 Å². The summed E-state index contributed by atoms with van der Waals surface area (Å²) in [6.07, 6.45) is 0. The van der Waals surface area contributed by atoms with E-state index in [4.69, 9.17) is 4.42 Å². The van der Waals surface area contributed by atoms with Crippen LogP contribution in [0, 0.1) is 0 Å². The minimum absolute atomic E-state index is 0.0623. The fourth-order valence-electron chi connectivity index (χ4n) is 9.27. The van der Waals surface area contributed by atoms with Crippen LogP contribution >= 0.6 is 0 Å². The Morgan fingerprint density at radius 1 is 0.404 bits per heavy atom. The fourth-order valence-corrected chi connectivity index (χ4v) is 9.27. The number of fused-ring (bicyclic) bond motifs is 8. The molecule has 1 aromatic heterocycles. The van der Waals surface area contributed by atoms with Gasteiger partial charge in [0.05, 0.1) is 11.1 Å². The van der Waals surface area contributed by atoms with Gasteiger partial charge in [-0.1, -0.05) is 178 Å². The molecule has 0 unspecified atom stereocenters. The normalized spacial score (nSPS) is 12.9. The largest absolute Gasteiger partial charge is 0.455 e. The Kier molecular flexibility index (Phi) is 7.55. The lowest BCUT2D eigenvalue weighted by Crippen LogP contribution is -2.14. The zero-order valence-corrected chi connectivity index (χ0v) is 31.9. The number of anilines is 3. The predicted molar refractivity (Wildman–Crippen MR) is 240 cm³/mol. The van der Waals surface area contributed by atoms with E-state index in [9.17, 15) is 0 Å². The van der Waals surface area contributed by atoms with Crippen molar-refractivity contribution in [1.82, 2.24) is 0 Å². The van der Waals surface area contributed by atoms with E-state index in [1.54, 1.807) is 0 Å². The first kappa shape index (κ1) is 33.2. The molecular weight excluding hydrogens is 691 g/mol. The molecule has 0 bridgehead atoms. The average Bonchev–Trinajstić information content (AvgIpc) is 3.77. The zero-order chi connectivity index (χ0) is 38.1. The van der Waals surface area contributed by atoms with Crippen molar-refractivity contribution in [3.05, 3.63) is 211 Å². The third-order valence-corrected chi connectivity index (χ3v) is 12.1. The summed E-state index contributed by atoms with van der Waals surface area (Å²) in [5, 5.41) is 4.44. The number of nitrogens with zero attached hydrogens (tertiary/aromatic N) is 1. The summed E-state index contributed by atoms with van der Waals surface area (Å²) in [5.74, 6) is 0. The number of rotatable bonds is 6. The van der Waals surface area contributed by atoms with Crippen LogP contribution in [0.4, 0.5) is 17.1 Å². The molecule has 1 heterocycles. The van der Waals surface area contributed by atoms with Crippen molar-refractivity contribution in [3.63, 3.8) is 0 Å². The van der Waals surface area contributed by atoms with Gasteiger partial charge in [-0.15, -0.1) is 0 Å². The lowest BCUT2D eigenvalue weighted by Gasteiger charge is -2.30. The quantitative estimate of drug-likeness (QED) is 0.169. The van der Waals surface area contributed by atoms with E-state index in [1.165, 1.54) is 50.1 Å². The van der Waals surface area contributed by atoms with Gasteiger partial charge in [0, 0.05) is 33.1 Å². The second kappa shape index (κ2) is 13.0. The Bertz CT molecular complexity index is 3120. The van der Waals surface area contributed by atoms with E-state index in [2.05, 4.69) is 219 Å². The molecule has 11 rings (SSSR count). The highest BCUT2D eigenvalue weighted by molar-refractivity contribution is 6.27. The smallest absolute Gasteiger partial charge is 0.145 e. The summed E-state index contributed by atoms with van der Waals surface area (Å²) in [6, 6.07) is 72.5. The molecule has 1 aliphatic carbocycles. The first-order valence-corrected chi connectivity index (χ1v) is 19.8. The van der Waals surface area contributed by atoms with Gasteiger partial charge in [0.25, 0.3) is 0 Å². The molecule has 2 nitrogen and oxygen atoms in total. The van der Waals surface area contributed by atoms with Crippen LogP contribution in [0.5, 0.6) is 0 Å². The Balaban J connectivity index is 1.15. The Hall–Kier alpha value is -7.16. The number of para-hydroxylation sites is 1. The second-order valence-corrected chi connectivity index (χ2v) is 15.7. The molecular formula is C55H39NO. The van der Waals surface area contributed by atoms with Gasteiger partial charge >= 0.3 is 0 Å². The van der Waals surface area contributed by atoms with Crippen molar-refractivity contribution in [2.75, 3.05) is 4.90 Å². The maximum absolute atomic E-state index is 6.82. The van der Waals surface area contributed by atoms with E-state index in [-0.39, 0.29) is 5.41 Å². The van der Waals surface area contributed by atoms with Crippen LogP contribution in [0.2, 0.25) is 0 Å². The zero-order valence-electron chi connectivity index (χ0n) is 31.9. The molecule has 0 aliphatic heterocycles. The van der Waals surface area contributed by atoms with Gasteiger partial charge in [-0.05, 0) is 91.9 Å². The molecule has 9 aromatic carbocycles.